The maximum absolute atomic E-state index is 13.5. The van der Waals surface area contributed by atoms with E-state index in [2.05, 4.69) is 19.2 Å². The molecule has 0 aliphatic carbocycles. The van der Waals surface area contributed by atoms with Crippen LogP contribution in [-0.2, 0) is 6.42 Å². The van der Waals surface area contributed by atoms with Crippen LogP contribution in [0.25, 0.3) is 0 Å². The summed E-state index contributed by atoms with van der Waals surface area (Å²) in [5.41, 5.74) is 1.12. The molecule has 0 atom stereocenters. The van der Waals surface area contributed by atoms with Crippen molar-refractivity contribution >= 4 is 0 Å². The molecular formula is C13H18FN. The smallest absolute Gasteiger partial charge is 0.126 e. The number of hydrogen-bond donors (Lipinski definition) is 1. The normalized spacial score (nSPS) is 18.9. The third-order valence-electron chi connectivity index (χ3n) is 3.68. The monoisotopic (exact) mass is 207 g/mol. The van der Waals surface area contributed by atoms with Gasteiger partial charge in [0.05, 0.1) is 0 Å². The van der Waals surface area contributed by atoms with Crippen LogP contribution in [0.2, 0.25) is 0 Å². The summed E-state index contributed by atoms with van der Waals surface area (Å²) in [6.07, 6.45) is 0.852. The van der Waals surface area contributed by atoms with Crippen LogP contribution in [0.15, 0.2) is 24.3 Å². The molecule has 1 fully saturated rings. The minimum Gasteiger partial charge on any atom is -0.315 e. The van der Waals surface area contributed by atoms with Crippen molar-refractivity contribution in [2.24, 2.45) is 11.3 Å². The minimum absolute atomic E-state index is 0.0653. The molecule has 0 bridgehead atoms. The van der Waals surface area contributed by atoms with Crippen LogP contribution in [0.1, 0.15) is 19.4 Å². The SMILES string of the molecule is CC(C)C1(Cc2ccccc2F)CNC1. The van der Waals surface area contributed by atoms with E-state index in [1.54, 1.807) is 12.1 Å². The van der Waals surface area contributed by atoms with E-state index in [0.717, 1.165) is 25.1 Å². The van der Waals surface area contributed by atoms with Crippen molar-refractivity contribution in [3.8, 4) is 0 Å². The van der Waals surface area contributed by atoms with Gasteiger partial charge in [-0.15, -0.1) is 0 Å². The Hall–Kier alpha value is -0.890. The van der Waals surface area contributed by atoms with Crippen molar-refractivity contribution in [3.05, 3.63) is 35.6 Å². The molecule has 1 heterocycles. The molecule has 1 saturated heterocycles. The molecule has 1 aromatic carbocycles. The van der Waals surface area contributed by atoms with E-state index in [0.29, 0.717) is 5.92 Å². The van der Waals surface area contributed by atoms with Gasteiger partial charge in [-0.05, 0) is 24.0 Å². The lowest BCUT2D eigenvalue weighted by Crippen LogP contribution is -2.57. The molecule has 82 valence electrons. The highest BCUT2D eigenvalue weighted by atomic mass is 19.1. The Morgan fingerprint density at radius 3 is 2.47 bits per heavy atom. The van der Waals surface area contributed by atoms with Gasteiger partial charge < -0.3 is 5.32 Å². The predicted octanol–water partition coefficient (Wildman–Crippen LogP) is 2.61. The van der Waals surface area contributed by atoms with Crippen molar-refractivity contribution in [1.29, 1.82) is 0 Å². The van der Waals surface area contributed by atoms with Gasteiger partial charge in [0.15, 0.2) is 0 Å². The summed E-state index contributed by atoms with van der Waals surface area (Å²) in [4.78, 5) is 0. The molecule has 1 nitrogen and oxygen atoms in total. The quantitative estimate of drug-likeness (QED) is 0.803. The van der Waals surface area contributed by atoms with E-state index in [4.69, 9.17) is 0 Å². The average molecular weight is 207 g/mol. The summed E-state index contributed by atoms with van der Waals surface area (Å²) < 4.78 is 13.5. The first kappa shape index (κ1) is 10.6. The van der Waals surface area contributed by atoms with Crippen molar-refractivity contribution in [3.63, 3.8) is 0 Å². The fourth-order valence-electron chi connectivity index (χ4n) is 2.20. The molecule has 15 heavy (non-hydrogen) atoms. The zero-order chi connectivity index (χ0) is 10.9. The first-order chi connectivity index (χ1) is 7.14. The van der Waals surface area contributed by atoms with E-state index in [9.17, 15) is 4.39 Å². The summed E-state index contributed by atoms with van der Waals surface area (Å²) in [5.74, 6) is 0.530. The van der Waals surface area contributed by atoms with E-state index >= 15 is 0 Å². The lowest BCUT2D eigenvalue weighted by molar-refractivity contribution is 0.0983. The lowest BCUT2D eigenvalue weighted by Gasteiger charge is -2.46. The van der Waals surface area contributed by atoms with Crippen LogP contribution in [0.4, 0.5) is 4.39 Å². The fraction of sp³-hybridized carbons (Fsp3) is 0.538. The van der Waals surface area contributed by atoms with Gasteiger partial charge in [-0.25, -0.2) is 4.39 Å². The average Bonchev–Trinajstić information content (AvgIpc) is 2.13. The molecule has 0 aromatic heterocycles. The van der Waals surface area contributed by atoms with E-state index in [1.807, 2.05) is 12.1 Å². The molecule has 0 amide bonds. The molecule has 0 spiro atoms. The maximum atomic E-state index is 13.5. The highest BCUT2D eigenvalue weighted by Crippen LogP contribution is 2.36. The molecule has 1 N–H and O–H groups in total. The Morgan fingerprint density at radius 1 is 1.33 bits per heavy atom. The molecule has 1 aliphatic heterocycles. The van der Waals surface area contributed by atoms with Crippen LogP contribution in [0, 0.1) is 17.2 Å². The molecular weight excluding hydrogens is 189 g/mol. The first-order valence-electron chi connectivity index (χ1n) is 5.58. The number of benzene rings is 1. The molecule has 0 unspecified atom stereocenters. The fourth-order valence-corrected chi connectivity index (χ4v) is 2.20. The first-order valence-corrected chi connectivity index (χ1v) is 5.58. The Kier molecular flexibility index (Phi) is 2.79. The van der Waals surface area contributed by atoms with E-state index < -0.39 is 0 Å². The van der Waals surface area contributed by atoms with Gasteiger partial charge >= 0.3 is 0 Å². The summed E-state index contributed by atoms with van der Waals surface area (Å²) in [5, 5.41) is 3.30. The number of nitrogens with one attached hydrogen (secondary N) is 1. The summed E-state index contributed by atoms with van der Waals surface area (Å²) in [6.45, 7) is 6.47. The van der Waals surface area contributed by atoms with Crippen LogP contribution in [-0.4, -0.2) is 13.1 Å². The van der Waals surface area contributed by atoms with Gasteiger partial charge in [0.25, 0.3) is 0 Å². The highest BCUT2D eigenvalue weighted by molar-refractivity contribution is 5.20. The molecule has 2 heteroatoms. The zero-order valence-corrected chi connectivity index (χ0v) is 9.39. The van der Waals surface area contributed by atoms with Gasteiger partial charge in [-0.3, -0.25) is 0 Å². The number of halogens is 1. The van der Waals surface area contributed by atoms with Crippen LogP contribution >= 0.6 is 0 Å². The van der Waals surface area contributed by atoms with Gasteiger partial charge in [-0.1, -0.05) is 32.0 Å². The third kappa shape index (κ3) is 1.91. The second-order valence-electron chi connectivity index (χ2n) is 4.89. The predicted molar refractivity (Wildman–Crippen MR) is 60.2 cm³/mol. The molecule has 1 aromatic rings. The summed E-state index contributed by atoms with van der Waals surface area (Å²) >= 11 is 0. The largest absolute Gasteiger partial charge is 0.315 e. The molecule has 2 rings (SSSR count). The standard InChI is InChI=1S/C13H18FN/c1-10(2)13(8-15-9-13)7-11-5-3-4-6-12(11)14/h3-6,10,15H,7-9H2,1-2H3. The number of hydrogen-bond acceptors (Lipinski definition) is 1. The molecule has 0 saturated carbocycles. The lowest BCUT2D eigenvalue weighted by atomic mass is 9.68. The molecule has 0 radical (unpaired) electrons. The summed E-state index contributed by atoms with van der Waals surface area (Å²) in [7, 11) is 0. The van der Waals surface area contributed by atoms with Crippen molar-refractivity contribution in [1.82, 2.24) is 5.32 Å². The van der Waals surface area contributed by atoms with E-state index in [-0.39, 0.29) is 11.2 Å². The Bertz CT molecular complexity index is 342. The van der Waals surface area contributed by atoms with Gasteiger partial charge in [0.1, 0.15) is 5.82 Å². The Labute approximate surface area is 90.7 Å². The zero-order valence-electron chi connectivity index (χ0n) is 9.39. The van der Waals surface area contributed by atoms with Gasteiger partial charge in [0, 0.05) is 18.5 Å². The Morgan fingerprint density at radius 2 is 2.00 bits per heavy atom. The van der Waals surface area contributed by atoms with Gasteiger partial charge in [0.2, 0.25) is 0 Å². The molecule has 1 aliphatic rings. The summed E-state index contributed by atoms with van der Waals surface area (Å²) in [6, 6.07) is 7.12. The van der Waals surface area contributed by atoms with Crippen LogP contribution in [0.5, 0.6) is 0 Å². The third-order valence-corrected chi connectivity index (χ3v) is 3.68. The van der Waals surface area contributed by atoms with Gasteiger partial charge in [-0.2, -0.15) is 0 Å². The Balaban J connectivity index is 2.17. The van der Waals surface area contributed by atoms with Crippen molar-refractivity contribution in [2.75, 3.05) is 13.1 Å². The van der Waals surface area contributed by atoms with Crippen molar-refractivity contribution in [2.45, 2.75) is 20.3 Å². The van der Waals surface area contributed by atoms with Crippen LogP contribution < -0.4 is 5.32 Å². The van der Waals surface area contributed by atoms with E-state index in [1.165, 1.54) is 0 Å². The van der Waals surface area contributed by atoms with Crippen molar-refractivity contribution < 1.29 is 4.39 Å². The minimum atomic E-state index is -0.0653. The number of rotatable bonds is 3. The topological polar surface area (TPSA) is 12.0 Å². The second kappa shape index (κ2) is 3.93. The highest BCUT2D eigenvalue weighted by Gasteiger charge is 2.40. The van der Waals surface area contributed by atoms with Crippen LogP contribution in [0.3, 0.4) is 0 Å². The second-order valence-corrected chi connectivity index (χ2v) is 4.89. The maximum Gasteiger partial charge on any atom is 0.126 e.